The molecule has 2 bridgehead atoms. The summed E-state index contributed by atoms with van der Waals surface area (Å²) in [6, 6.07) is 0. The Bertz CT molecular complexity index is 782. The third-order valence-electron chi connectivity index (χ3n) is 7.30. The molecule has 1 heterocycles. The third-order valence-corrected chi connectivity index (χ3v) is 8.91. The molecule has 1 spiro atoms. The average Bonchev–Trinajstić information content (AvgIpc) is 3.09. The molecule has 0 unspecified atom stereocenters. The Hall–Kier alpha value is -1.03. The number of carbonyl (C=O) groups excluding carboxylic acids is 2. The van der Waals surface area contributed by atoms with Gasteiger partial charge in [0, 0.05) is 6.61 Å². The molecule has 5 N–H and O–H groups in total. The average molecular weight is 458 g/mol. The van der Waals surface area contributed by atoms with Crippen LogP contribution in [0.25, 0.3) is 0 Å². The number of aliphatic hydroxyl groups is 1. The first kappa shape index (κ1) is 19.3. The second-order valence-corrected chi connectivity index (χ2v) is 10.4. The number of hydrogen-bond donors (Lipinski definition) is 3. The van der Waals surface area contributed by atoms with Crippen LogP contribution < -0.4 is 11.5 Å². The van der Waals surface area contributed by atoms with Gasteiger partial charge in [0.1, 0.15) is 10.4 Å². The van der Waals surface area contributed by atoms with Crippen LogP contribution in [0.3, 0.4) is 0 Å². The highest BCUT2D eigenvalue weighted by atomic mass is 79.9. The van der Waals surface area contributed by atoms with E-state index in [1.165, 1.54) is 11.3 Å². The number of ether oxygens (including phenoxy) is 1. The Morgan fingerprint density at radius 3 is 2.48 bits per heavy atom. The standard InChI is InChI=1S/C18H24BrN3O4S/c19-12-9-22-15(27-12)18(14(21)25)11-2-1-10(16(11)3-4-16)17(18,13(20)24)5-7-26-8-6-23/h9-11,23H,1-8H2,(H2,20,24)(H2,21,25)/t10-,11+,17+,18-/m1/s1. The molecule has 9 heteroatoms. The number of hydrogen-bond acceptors (Lipinski definition) is 6. The summed E-state index contributed by atoms with van der Waals surface area (Å²) >= 11 is 4.79. The highest BCUT2D eigenvalue weighted by molar-refractivity contribution is 9.11. The molecule has 1 aromatic heterocycles. The predicted octanol–water partition coefficient (Wildman–Crippen LogP) is 1.32. The first-order valence-corrected chi connectivity index (χ1v) is 10.9. The lowest BCUT2D eigenvalue weighted by atomic mass is 9.53. The maximum Gasteiger partial charge on any atom is 0.231 e. The molecule has 2 amide bonds. The van der Waals surface area contributed by atoms with Crippen molar-refractivity contribution in [3.05, 3.63) is 15.0 Å². The van der Waals surface area contributed by atoms with E-state index in [4.69, 9.17) is 21.3 Å². The van der Waals surface area contributed by atoms with Gasteiger partial charge in [-0.15, -0.1) is 11.3 Å². The maximum atomic E-state index is 13.1. The lowest BCUT2D eigenvalue weighted by Crippen LogP contribution is -2.63. The molecule has 148 valence electrons. The highest BCUT2D eigenvalue weighted by Crippen LogP contribution is 2.82. The highest BCUT2D eigenvalue weighted by Gasteiger charge is 2.84. The monoisotopic (exact) mass is 457 g/mol. The zero-order valence-electron chi connectivity index (χ0n) is 14.9. The van der Waals surface area contributed by atoms with Crippen LogP contribution in [0.5, 0.6) is 0 Å². The van der Waals surface area contributed by atoms with Gasteiger partial charge in [0.05, 0.1) is 28.6 Å². The number of thiazole rings is 1. The Morgan fingerprint density at radius 2 is 1.96 bits per heavy atom. The van der Waals surface area contributed by atoms with Crippen LogP contribution in [-0.4, -0.2) is 41.7 Å². The Kier molecular flexibility index (Phi) is 4.65. The van der Waals surface area contributed by atoms with Crippen molar-refractivity contribution in [2.45, 2.75) is 37.5 Å². The van der Waals surface area contributed by atoms with Crippen molar-refractivity contribution in [1.29, 1.82) is 0 Å². The number of aliphatic hydroxyl groups excluding tert-OH is 1. The van der Waals surface area contributed by atoms with Crippen LogP contribution in [0.1, 0.15) is 37.1 Å². The van der Waals surface area contributed by atoms with Gasteiger partial charge < -0.3 is 21.3 Å². The molecule has 0 saturated heterocycles. The van der Waals surface area contributed by atoms with Gasteiger partial charge in [-0.1, -0.05) is 0 Å². The summed E-state index contributed by atoms with van der Waals surface area (Å²) in [4.78, 5) is 30.7. The smallest absolute Gasteiger partial charge is 0.231 e. The van der Waals surface area contributed by atoms with Gasteiger partial charge in [0.2, 0.25) is 11.8 Å². The number of aromatic nitrogens is 1. The summed E-state index contributed by atoms with van der Waals surface area (Å²) in [7, 11) is 0. The summed E-state index contributed by atoms with van der Waals surface area (Å²) in [6.45, 7) is 0.324. The fourth-order valence-electron chi connectivity index (χ4n) is 6.50. The first-order valence-electron chi connectivity index (χ1n) is 9.28. The quantitative estimate of drug-likeness (QED) is 0.506. The van der Waals surface area contributed by atoms with Gasteiger partial charge in [0.25, 0.3) is 0 Å². The van der Waals surface area contributed by atoms with E-state index in [9.17, 15) is 9.59 Å². The summed E-state index contributed by atoms with van der Waals surface area (Å²) < 4.78 is 6.29. The van der Waals surface area contributed by atoms with E-state index in [0.717, 1.165) is 29.5 Å². The lowest BCUT2D eigenvalue weighted by Gasteiger charge is -2.48. The molecule has 3 aliphatic rings. The Morgan fingerprint density at radius 1 is 1.26 bits per heavy atom. The fraction of sp³-hybridized carbons (Fsp3) is 0.722. The van der Waals surface area contributed by atoms with Crippen molar-refractivity contribution in [3.8, 4) is 0 Å². The van der Waals surface area contributed by atoms with Crippen molar-refractivity contribution in [2.75, 3.05) is 19.8 Å². The molecule has 3 saturated carbocycles. The minimum Gasteiger partial charge on any atom is -0.394 e. The van der Waals surface area contributed by atoms with Gasteiger partial charge in [-0.2, -0.15) is 0 Å². The number of halogens is 1. The molecule has 0 aromatic carbocycles. The van der Waals surface area contributed by atoms with Gasteiger partial charge in [-0.25, -0.2) is 4.98 Å². The van der Waals surface area contributed by atoms with E-state index >= 15 is 0 Å². The maximum absolute atomic E-state index is 13.1. The molecular weight excluding hydrogens is 434 g/mol. The minimum absolute atomic E-state index is 0.0143. The van der Waals surface area contributed by atoms with Gasteiger partial charge in [-0.3, -0.25) is 9.59 Å². The molecule has 3 aliphatic carbocycles. The number of nitrogens with two attached hydrogens (primary N) is 2. The first-order chi connectivity index (χ1) is 12.9. The third kappa shape index (κ3) is 2.28. The summed E-state index contributed by atoms with van der Waals surface area (Å²) in [6.07, 6.45) is 5.69. The lowest BCUT2D eigenvalue weighted by molar-refractivity contribution is -0.148. The second-order valence-electron chi connectivity index (χ2n) is 7.98. The van der Waals surface area contributed by atoms with Gasteiger partial charge >= 0.3 is 0 Å². The molecule has 0 aliphatic heterocycles. The molecular formula is C18H24BrN3O4S. The summed E-state index contributed by atoms with van der Waals surface area (Å²) in [5.41, 5.74) is 9.79. The fourth-order valence-corrected chi connectivity index (χ4v) is 8.04. The van der Waals surface area contributed by atoms with Crippen LogP contribution in [0, 0.1) is 22.7 Å². The van der Waals surface area contributed by atoms with Crippen molar-refractivity contribution in [2.24, 2.45) is 34.1 Å². The van der Waals surface area contributed by atoms with E-state index < -0.39 is 22.6 Å². The normalized spacial score (nSPS) is 35.6. The minimum atomic E-state index is -1.20. The number of carbonyl (C=O) groups is 2. The number of primary amides is 2. The van der Waals surface area contributed by atoms with Crippen molar-refractivity contribution < 1.29 is 19.4 Å². The van der Waals surface area contributed by atoms with E-state index in [1.54, 1.807) is 6.20 Å². The van der Waals surface area contributed by atoms with E-state index in [1.807, 2.05) is 0 Å². The largest absolute Gasteiger partial charge is 0.394 e. The topological polar surface area (TPSA) is 129 Å². The van der Waals surface area contributed by atoms with Gasteiger partial charge in [0.15, 0.2) is 0 Å². The van der Waals surface area contributed by atoms with Crippen molar-refractivity contribution in [3.63, 3.8) is 0 Å². The number of amides is 2. The SMILES string of the molecule is NC(=O)[C@]1(CCOCCO)[C@@H]2CC[C@@H](C23CC3)[C@@]1(C(N)=O)c1ncc(Br)s1. The molecule has 27 heavy (non-hydrogen) atoms. The molecule has 4 atom stereocenters. The summed E-state index contributed by atoms with van der Waals surface area (Å²) in [5, 5.41) is 9.58. The van der Waals surface area contributed by atoms with E-state index in [0.29, 0.717) is 11.4 Å². The van der Waals surface area contributed by atoms with Crippen LogP contribution >= 0.6 is 27.3 Å². The molecule has 0 radical (unpaired) electrons. The van der Waals surface area contributed by atoms with Crippen molar-refractivity contribution >= 4 is 39.1 Å². The summed E-state index contributed by atoms with van der Waals surface area (Å²) in [5.74, 6) is -1.00. The molecule has 1 aromatic rings. The van der Waals surface area contributed by atoms with Crippen molar-refractivity contribution in [1.82, 2.24) is 4.98 Å². The van der Waals surface area contributed by atoms with Crippen LogP contribution in [0.4, 0.5) is 0 Å². The number of rotatable bonds is 8. The van der Waals surface area contributed by atoms with Crippen LogP contribution in [0.15, 0.2) is 9.98 Å². The molecule has 4 rings (SSSR count). The predicted molar refractivity (Wildman–Crippen MR) is 103 cm³/mol. The second kappa shape index (κ2) is 6.50. The van der Waals surface area contributed by atoms with Crippen LogP contribution in [-0.2, 0) is 19.7 Å². The van der Waals surface area contributed by atoms with E-state index in [2.05, 4.69) is 20.9 Å². The number of nitrogens with zero attached hydrogens (tertiary/aromatic N) is 1. The zero-order chi connectivity index (χ0) is 19.4. The molecule has 3 fully saturated rings. The van der Waals surface area contributed by atoms with Gasteiger partial charge in [-0.05, 0) is 65.3 Å². The van der Waals surface area contributed by atoms with E-state index in [-0.39, 0.29) is 37.1 Å². The molecule has 7 nitrogen and oxygen atoms in total. The Balaban J connectivity index is 1.90. The zero-order valence-corrected chi connectivity index (χ0v) is 17.4. The van der Waals surface area contributed by atoms with Crippen LogP contribution in [0.2, 0.25) is 0 Å². The Labute approximate surface area is 170 Å².